The van der Waals surface area contributed by atoms with E-state index in [1.807, 2.05) is 24.3 Å². The molecule has 2 aromatic carbocycles. The highest BCUT2D eigenvalue weighted by atomic mass is 32.1. The minimum Gasteiger partial charge on any atom is -0.256 e. The molecule has 2 aromatic heterocycles. The van der Waals surface area contributed by atoms with E-state index in [2.05, 4.69) is 4.98 Å². The zero-order valence-corrected chi connectivity index (χ0v) is 15.8. The first-order valence-electron chi connectivity index (χ1n) is 12.5. The molecule has 0 atom stereocenters. The molecule has 0 fully saturated rings. The molecule has 0 radical (unpaired) electrons. The van der Waals surface area contributed by atoms with Crippen molar-refractivity contribution >= 4 is 31.5 Å². The molecule has 4 aromatic rings. The zero-order chi connectivity index (χ0) is 25.3. The van der Waals surface area contributed by atoms with E-state index < -0.39 is 25.5 Å². The molecule has 26 heavy (non-hydrogen) atoms. The number of pyridine rings is 1. The van der Waals surface area contributed by atoms with Gasteiger partial charge in [-0.05, 0) is 54.3 Å². The number of aromatic nitrogens is 1. The molecule has 2 heteroatoms. The van der Waals surface area contributed by atoms with Gasteiger partial charge in [0.2, 0.25) is 0 Å². The van der Waals surface area contributed by atoms with Crippen LogP contribution < -0.4 is 0 Å². The summed E-state index contributed by atoms with van der Waals surface area (Å²) in [6.45, 7) is 0.519. The third-order valence-electron chi connectivity index (χ3n) is 4.19. The fraction of sp³-hybridized carbons (Fsp3) is 0.292. The summed E-state index contributed by atoms with van der Waals surface area (Å²) in [6, 6.07) is 12.4. The molecule has 0 bridgehead atoms. The van der Waals surface area contributed by atoms with Gasteiger partial charge in [-0.3, -0.25) is 4.98 Å². The molecule has 0 aliphatic carbocycles. The lowest BCUT2D eigenvalue weighted by atomic mass is 9.86. The van der Waals surface area contributed by atoms with Crippen molar-refractivity contribution in [3.8, 4) is 11.3 Å². The van der Waals surface area contributed by atoms with Gasteiger partial charge in [0.15, 0.2) is 0 Å². The van der Waals surface area contributed by atoms with Crippen molar-refractivity contribution in [1.29, 1.82) is 0 Å². The molecule has 0 saturated carbocycles. The minimum absolute atomic E-state index is 0.0954. The smallest absolute Gasteiger partial charge is 0.0719 e. The van der Waals surface area contributed by atoms with Crippen LogP contribution in [0.15, 0.2) is 48.7 Å². The summed E-state index contributed by atoms with van der Waals surface area (Å²) in [5.41, 5.74) is 0.659. The van der Waals surface area contributed by atoms with Crippen LogP contribution in [-0.4, -0.2) is 4.98 Å². The quantitative estimate of drug-likeness (QED) is 0.361. The van der Waals surface area contributed by atoms with Crippen molar-refractivity contribution in [1.82, 2.24) is 4.98 Å². The lowest BCUT2D eigenvalue weighted by Crippen LogP contribution is -2.10. The molecule has 2 heterocycles. The van der Waals surface area contributed by atoms with Gasteiger partial charge in [-0.25, -0.2) is 0 Å². The lowest BCUT2D eigenvalue weighted by Gasteiger charge is -2.20. The maximum atomic E-state index is 8.77. The SMILES string of the molecule is [2H]C([2H])([2H])c1ccc2c(c1)sc1c(-c3cc(C([2H])([2H])C(C)(C)C)c(C([2H])([2H])[2H])cn3)cccc12. The predicted octanol–water partition coefficient (Wildman–Crippen LogP) is 7.32. The van der Waals surface area contributed by atoms with Gasteiger partial charge in [0, 0.05) is 42.9 Å². The number of hydrogen-bond donors (Lipinski definition) is 0. The molecular weight excluding hydrogens is 334 g/mol. The van der Waals surface area contributed by atoms with Crippen LogP contribution in [0.1, 0.15) is 48.4 Å². The first-order chi connectivity index (χ1) is 15.5. The third kappa shape index (κ3) is 3.14. The Bertz CT molecular complexity index is 1390. The Morgan fingerprint density at radius 3 is 2.73 bits per heavy atom. The summed E-state index contributed by atoms with van der Waals surface area (Å²) in [5.74, 6) is 0. The van der Waals surface area contributed by atoms with E-state index in [-0.39, 0.29) is 16.7 Å². The summed E-state index contributed by atoms with van der Waals surface area (Å²) in [5, 5.41) is 1.87. The van der Waals surface area contributed by atoms with Crippen LogP contribution in [0.4, 0.5) is 0 Å². The van der Waals surface area contributed by atoms with Crippen molar-refractivity contribution in [3.63, 3.8) is 0 Å². The summed E-state index contributed by atoms with van der Waals surface area (Å²) in [4.78, 5) is 4.44. The van der Waals surface area contributed by atoms with Crippen LogP contribution in [0.5, 0.6) is 0 Å². The number of thiophene rings is 1. The van der Waals surface area contributed by atoms with E-state index in [0.717, 1.165) is 25.7 Å². The highest BCUT2D eigenvalue weighted by Crippen LogP contribution is 2.40. The highest BCUT2D eigenvalue weighted by Gasteiger charge is 2.16. The minimum atomic E-state index is -2.51. The molecule has 0 aliphatic rings. The highest BCUT2D eigenvalue weighted by molar-refractivity contribution is 7.26. The number of aryl methyl sites for hydroxylation is 2. The average Bonchev–Trinajstić information content (AvgIpc) is 3.09. The van der Waals surface area contributed by atoms with E-state index in [9.17, 15) is 0 Å². The van der Waals surface area contributed by atoms with Crippen molar-refractivity contribution in [2.75, 3.05) is 0 Å². The maximum absolute atomic E-state index is 8.77. The number of nitrogens with zero attached hydrogens (tertiary/aromatic N) is 1. The van der Waals surface area contributed by atoms with Crippen molar-refractivity contribution in [2.45, 2.75) is 40.8 Å². The van der Waals surface area contributed by atoms with E-state index >= 15 is 0 Å². The van der Waals surface area contributed by atoms with E-state index in [1.165, 1.54) is 17.5 Å². The van der Waals surface area contributed by atoms with Gasteiger partial charge in [0.1, 0.15) is 0 Å². The molecule has 0 spiro atoms. The second-order valence-electron chi connectivity index (χ2n) is 7.49. The van der Waals surface area contributed by atoms with Crippen LogP contribution in [-0.2, 0) is 6.37 Å². The van der Waals surface area contributed by atoms with Gasteiger partial charge in [-0.2, -0.15) is 0 Å². The largest absolute Gasteiger partial charge is 0.256 e. The Kier molecular flexibility index (Phi) is 2.44. The second kappa shape index (κ2) is 6.21. The zero-order valence-electron chi connectivity index (χ0n) is 23.0. The Hall–Kier alpha value is -2.19. The van der Waals surface area contributed by atoms with Crippen molar-refractivity contribution < 1.29 is 11.0 Å². The van der Waals surface area contributed by atoms with E-state index in [4.69, 9.17) is 11.0 Å². The molecule has 0 saturated heterocycles. The van der Waals surface area contributed by atoms with Crippen LogP contribution in [0.25, 0.3) is 31.4 Å². The normalized spacial score (nSPS) is 18.3. The molecule has 4 rings (SSSR count). The second-order valence-corrected chi connectivity index (χ2v) is 8.54. The average molecular weight is 368 g/mol. The molecule has 0 N–H and O–H groups in total. The first-order valence-corrected chi connectivity index (χ1v) is 9.30. The van der Waals surface area contributed by atoms with E-state index in [1.54, 1.807) is 39.0 Å². The number of benzene rings is 2. The fourth-order valence-corrected chi connectivity index (χ4v) is 4.37. The van der Waals surface area contributed by atoms with E-state index in [0.29, 0.717) is 5.69 Å². The molecule has 1 nitrogen and oxygen atoms in total. The summed E-state index contributed by atoms with van der Waals surface area (Å²) in [7, 11) is 0. The van der Waals surface area contributed by atoms with Gasteiger partial charge in [0.05, 0.1) is 5.69 Å². The van der Waals surface area contributed by atoms with Crippen LogP contribution in [0.3, 0.4) is 0 Å². The standard InChI is InChI=1S/C24H25NS/c1-15-9-10-18-19-7-6-8-20(23(19)26-22(18)11-15)21-12-17(13-24(3,4)5)16(2)14-25-21/h6-12,14H,13H2,1-5H3/i1D3,2D3,13D2. The molecule has 0 amide bonds. The summed E-state index contributed by atoms with van der Waals surface area (Å²) >= 11 is 1.45. The molecule has 0 unspecified atom stereocenters. The Morgan fingerprint density at radius 1 is 1.08 bits per heavy atom. The topological polar surface area (TPSA) is 12.9 Å². The number of hydrogen-bond acceptors (Lipinski definition) is 2. The number of fused-ring (bicyclic) bond motifs is 3. The van der Waals surface area contributed by atoms with Gasteiger partial charge in [0.25, 0.3) is 0 Å². The maximum Gasteiger partial charge on any atom is 0.0719 e. The third-order valence-corrected chi connectivity index (χ3v) is 5.39. The van der Waals surface area contributed by atoms with Gasteiger partial charge >= 0.3 is 0 Å². The summed E-state index contributed by atoms with van der Waals surface area (Å²) < 4.78 is 66.2. The van der Waals surface area contributed by atoms with Gasteiger partial charge in [-0.1, -0.05) is 51.1 Å². The monoisotopic (exact) mass is 367 g/mol. The predicted molar refractivity (Wildman–Crippen MR) is 115 cm³/mol. The van der Waals surface area contributed by atoms with Crippen molar-refractivity contribution in [2.24, 2.45) is 5.41 Å². The molecule has 132 valence electrons. The Labute approximate surface area is 171 Å². The summed E-state index contributed by atoms with van der Waals surface area (Å²) in [6.07, 6.45) is -0.656. The Morgan fingerprint density at radius 2 is 1.96 bits per heavy atom. The Balaban J connectivity index is 1.98. The van der Waals surface area contributed by atoms with Crippen LogP contribution in [0.2, 0.25) is 0 Å². The fourth-order valence-electron chi connectivity index (χ4n) is 3.11. The number of rotatable bonds is 2. The molecular formula is C24H25NS. The van der Waals surface area contributed by atoms with Gasteiger partial charge in [-0.15, -0.1) is 11.3 Å². The van der Waals surface area contributed by atoms with Crippen LogP contribution in [0, 0.1) is 19.1 Å². The van der Waals surface area contributed by atoms with Crippen LogP contribution >= 0.6 is 11.3 Å². The molecule has 0 aliphatic heterocycles. The lowest BCUT2D eigenvalue weighted by molar-refractivity contribution is 0.410. The van der Waals surface area contributed by atoms with Gasteiger partial charge < -0.3 is 0 Å². The first kappa shape index (κ1) is 10.2. The van der Waals surface area contributed by atoms with Crippen molar-refractivity contribution in [3.05, 3.63) is 65.4 Å².